The monoisotopic (exact) mass is 490 g/mol. The average Bonchev–Trinajstić information content (AvgIpc) is 3.58. The number of hydrogen-bond donors (Lipinski definition) is 1. The van der Waals surface area contributed by atoms with Crippen molar-refractivity contribution in [3.63, 3.8) is 0 Å². The number of ether oxygens (including phenoxy) is 1. The van der Waals surface area contributed by atoms with Crippen molar-refractivity contribution >= 4 is 49.7 Å². The van der Waals surface area contributed by atoms with Gasteiger partial charge in [0, 0.05) is 0 Å². The van der Waals surface area contributed by atoms with Crippen LogP contribution in [0.25, 0.3) is 10.2 Å². The summed E-state index contributed by atoms with van der Waals surface area (Å²) in [7, 11) is 0. The van der Waals surface area contributed by atoms with Crippen LogP contribution < -0.4 is 9.64 Å². The molecule has 3 heterocycles. The number of ketones is 1. The van der Waals surface area contributed by atoms with E-state index in [9.17, 15) is 14.7 Å². The van der Waals surface area contributed by atoms with Gasteiger partial charge in [0.1, 0.15) is 5.75 Å². The van der Waals surface area contributed by atoms with Gasteiger partial charge < -0.3 is 9.84 Å². The summed E-state index contributed by atoms with van der Waals surface area (Å²) in [5.41, 5.74) is 2.69. The minimum Gasteiger partial charge on any atom is -0.503 e. The Morgan fingerprint density at radius 1 is 1.15 bits per heavy atom. The zero-order valence-corrected chi connectivity index (χ0v) is 20.3. The lowest BCUT2D eigenvalue weighted by Crippen LogP contribution is -2.30. The van der Waals surface area contributed by atoms with Crippen molar-refractivity contribution in [2.75, 3.05) is 11.5 Å². The van der Waals surface area contributed by atoms with Crippen LogP contribution in [0.1, 0.15) is 40.7 Å². The number of hydrogen-bond acceptors (Lipinski definition) is 7. The number of aromatic nitrogens is 1. The molecular formula is C26H22N2O4S2. The first-order chi connectivity index (χ1) is 16.5. The Hall–Kier alpha value is -3.49. The highest BCUT2D eigenvalue weighted by Crippen LogP contribution is 2.44. The van der Waals surface area contributed by atoms with E-state index in [1.54, 1.807) is 29.6 Å². The number of anilines is 1. The van der Waals surface area contributed by atoms with Crippen molar-refractivity contribution in [2.24, 2.45) is 0 Å². The number of thiazole rings is 1. The summed E-state index contributed by atoms with van der Waals surface area (Å²) < 4.78 is 6.50. The Morgan fingerprint density at radius 3 is 2.62 bits per heavy atom. The number of carbonyl (C=O) groups excluding carboxylic acids is 2. The van der Waals surface area contributed by atoms with E-state index in [1.807, 2.05) is 31.2 Å². The fraction of sp³-hybridized carbons (Fsp3) is 0.192. The van der Waals surface area contributed by atoms with Gasteiger partial charge in [-0.2, -0.15) is 0 Å². The van der Waals surface area contributed by atoms with Gasteiger partial charge in [0.05, 0.1) is 33.3 Å². The van der Waals surface area contributed by atoms with Gasteiger partial charge in [0.2, 0.25) is 5.78 Å². The molecule has 1 aliphatic heterocycles. The van der Waals surface area contributed by atoms with Crippen LogP contribution in [0.2, 0.25) is 0 Å². The number of aryl methyl sites for hydroxylation is 1. The van der Waals surface area contributed by atoms with Crippen molar-refractivity contribution in [1.29, 1.82) is 0 Å². The number of thiophene rings is 1. The van der Waals surface area contributed by atoms with Crippen molar-refractivity contribution in [2.45, 2.75) is 26.3 Å². The third kappa shape index (κ3) is 3.78. The van der Waals surface area contributed by atoms with Crippen LogP contribution in [0.3, 0.4) is 0 Å². The molecule has 0 fully saturated rings. The number of rotatable bonds is 7. The predicted molar refractivity (Wildman–Crippen MR) is 135 cm³/mol. The number of aliphatic hydroxyl groups is 1. The second-order valence-electron chi connectivity index (χ2n) is 7.80. The highest BCUT2D eigenvalue weighted by molar-refractivity contribution is 7.22. The van der Waals surface area contributed by atoms with E-state index in [0.29, 0.717) is 27.9 Å². The molecule has 5 rings (SSSR count). The van der Waals surface area contributed by atoms with Gasteiger partial charge in [0.25, 0.3) is 5.91 Å². The van der Waals surface area contributed by atoms with Gasteiger partial charge in [-0.15, -0.1) is 11.3 Å². The number of Topliss-reactive ketones (excluding diaryl/α,β-unsaturated/α-hetero) is 1. The van der Waals surface area contributed by atoms with Crippen LogP contribution in [0, 0.1) is 0 Å². The number of nitrogens with zero attached hydrogens (tertiary/aromatic N) is 2. The van der Waals surface area contributed by atoms with E-state index < -0.39 is 17.7 Å². The highest BCUT2D eigenvalue weighted by Gasteiger charge is 2.46. The normalized spacial score (nSPS) is 16.0. The Bertz CT molecular complexity index is 1400. The molecule has 2 aromatic heterocycles. The molecule has 0 unspecified atom stereocenters. The lowest BCUT2D eigenvalue weighted by molar-refractivity contribution is -0.117. The maximum absolute atomic E-state index is 13.4. The summed E-state index contributed by atoms with van der Waals surface area (Å²) in [6.45, 7) is 4.52. The zero-order valence-electron chi connectivity index (χ0n) is 18.6. The van der Waals surface area contributed by atoms with Crippen LogP contribution >= 0.6 is 22.7 Å². The molecule has 2 aromatic carbocycles. The standard InChI is InChI=1S/C26H22N2O4S2/c1-3-15-7-12-18-20(14-15)34-26(27-18)28-22(16-8-10-17(11-9-16)32-4-2)21(24(30)25(28)31)23(29)19-6-5-13-33-19/h5-14,22,30H,3-4H2,1-2H3/t22-/m1/s1. The smallest absolute Gasteiger partial charge is 0.296 e. The van der Waals surface area contributed by atoms with E-state index in [4.69, 9.17) is 4.74 Å². The molecule has 1 amide bonds. The number of carbonyl (C=O) groups is 2. The summed E-state index contributed by atoms with van der Waals surface area (Å²) in [5, 5.41) is 13.1. The number of fused-ring (bicyclic) bond motifs is 1. The topological polar surface area (TPSA) is 79.7 Å². The van der Waals surface area contributed by atoms with Gasteiger partial charge in [-0.1, -0.05) is 42.5 Å². The number of aliphatic hydroxyl groups excluding tert-OH is 1. The third-order valence-electron chi connectivity index (χ3n) is 5.76. The predicted octanol–water partition coefficient (Wildman–Crippen LogP) is 6.10. The molecule has 1 aliphatic rings. The van der Waals surface area contributed by atoms with E-state index in [-0.39, 0.29) is 11.4 Å². The summed E-state index contributed by atoms with van der Waals surface area (Å²) in [5.74, 6) is -0.843. The van der Waals surface area contributed by atoms with E-state index in [0.717, 1.165) is 16.6 Å². The van der Waals surface area contributed by atoms with E-state index >= 15 is 0 Å². The largest absolute Gasteiger partial charge is 0.503 e. The van der Waals surface area contributed by atoms with Crippen LogP contribution in [-0.2, 0) is 11.2 Å². The molecule has 0 spiro atoms. The second kappa shape index (κ2) is 9.04. The van der Waals surface area contributed by atoms with Crippen LogP contribution in [-0.4, -0.2) is 28.4 Å². The first-order valence-corrected chi connectivity index (χ1v) is 12.7. The molecule has 1 atom stereocenters. The van der Waals surface area contributed by atoms with E-state index in [1.165, 1.54) is 33.1 Å². The molecule has 0 radical (unpaired) electrons. The Kier molecular flexibility index (Phi) is 5.93. The molecule has 172 valence electrons. The summed E-state index contributed by atoms with van der Waals surface area (Å²) >= 11 is 2.65. The molecule has 1 N–H and O–H groups in total. The van der Waals surface area contributed by atoms with Crippen molar-refractivity contribution < 1.29 is 19.4 Å². The molecule has 0 aliphatic carbocycles. The summed E-state index contributed by atoms with van der Waals surface area (Å²) in [4.78, 5) is 33.4. The molecule has 6 nitrogen and oxygen atoms in total. The van der Waals surface area contributed by atoms with Gasteiger partial charge in [0.15, 0.2) is 10.9 Å². The fourth-order valence-electron chi connectivity index (χ4n) is 4.08. The zero-order chi connectivity index (χ0) is 23.8. The third-order valence-corrected chi connectivity index (χ3v) is 7.65. The maximum atomic E-state index is 13.4. The van der Waals surface area contributed by atoms with Crippen molar-refractivity contribution in [3.8, 4) is 5.75 Å². The van der Waals surface area contributed by atoms with Crippen molar-refractivity contribution in [1.82, 2.24) is 4.98 Å². The minimum absolute atomic E-state index is 0.0603. The number of amides is 1. The molecule has 0 saturated heterocycles. The average molecular weight is 491 g/mol. The Balaban J connectivity index is 1.64. The van der Waals surface area contributed by atoms with Gasteiger partial charge in [-0.05, 0) is 60.2 Å². The van der Waals surface area contributed by atoms with Gasteiger partial charge in [-0.3, -0.25) is 14.5 Å². The van der Waals surface area contributed by atoms with Crippen LogP contribution in [0.4, 0.5) is 5.13 Å². The molecule has 8 heteroatoms. The lowest BCUT2D eigenvalue weighted by Gasteiger charge is -2.24. The highest BCUT2D eigenvalue weighted by atomic mass is 32.1. The van der Waals surface area contributed by atoms with Crippen molar-refractivity contribution in [3.05, 3.63) is 87.3 Å². The molecule has 34 heavy (non-hydrogen) atoms. The SMILES string of the molecule is CCOc1ccc([C@@H]2C(C(=O)c3cccs3)=C(O)C(=O)N2c2nc3ccc(CC)cc3s2)cc1. The summed E-state index contributed by atoms with van der Waals surface area (Å²) in [6, 6.07) is 15.9. The fourth-order valence-corrected chi connectivity index (χ4v) is 5.82. The Labute approximate surface area is 204 Å². The Morgan fingerprint density at radius 2 is 1.94 bits per heavy atom. The minimum atomic E-state index is -0.802. The number of benzene rings is 2. The quantitative estimate of drug-likeness (QED) is 0.317. The first kappa shape index (κ1) is 22.3. The van der Waals surface area contributed by atoms with Gasteiger partial charge >= 0.3 is 0 Å². The first-order valence-electron chi connectivity index (χ1n) is 11.0. The van der Waals surface area contributed by atoms with E-state index in [2.05, 4.69) is 18.0 Å². The van der Waals surface area contributed by atoms with Crippen LogP contribution in [0.15, 0.2) is 71.3 Å². The molecular weight excluding hydrogens is 468 g/mol. The van der Waals surface area contributed by atoms with Crippen LogP contribution in [0.5, 0.6) is 5.75 Å². The second-order valence-corrected chi connectivity index (χ2v) is 9.76. The van der Waals surface area contributed by atoms with Gasteiger partial charge in [-0.25, -0.2) is 4.98 Å². The molecule has 4 aromatic rings. The maximum Gasteiger partial charge on any atom is 0.296 e. The lowest BCUT2D eigenvalue weighted by atomic mass is 9.95. The molecule has 0 saturated carbocycles. The molecule has 0 bridgehead atoms. The summed E-state index contributed by atoms with van der Waals surface area (Å²) in [6.07, 6.45) is 0.891.